The molecule has 0 unspecified atom stereocenters. The Morgan fingerprint density at radius 3 is 2.34 bits per heavy atom. The number of halogens is 1. The van der Waals surface area contributed by atoms with E-state index in [4.69, 9.17) is 4.74 Å². The summed E-state index contributed by atoms with van der Waals surface area (Å²) in [6.45, 7) is 7.24. The van der Waals surface area contributed by atoms with E-state index in [9.17, 15) is 5.21 Å². The van der Waals surface area contributed by atoms with Gasteiger partial charge in [-0.05, 0) is 50.1 Å². The molecule has 29 heavy (non-hydrogen) atoms. The van der Waals surface area contributed by atoms with E-state index in [1.165, 1.54) is 11.1 Å². The van der Waals surface area contributed by atoms with E-state index in [0.717, 1.165) is 50.3 Å². The molecule has 0 atom stereocenters. The summed E-state index contributed by atoms with van der Waals surface area (Å²) in [5.74, 6) is 0.801. The van der Waals surface area contributed by atoms with Crippen LogP contribution < -0.4 is 4.74 Å². The molecule has 1 aliphatic heterocycles. The molecule has 1 N–H and O–H groups in total. The van der Waals surface area contributed by atoms with Crippen LogP contribution in [-0.2, 0) is 12.8 Å². The Balaban J connectivity index is 0.00000300. The molecule has 1 saturated heterocycles. The van der Waals surface area contributed by atoms with Crippen LogP contribution in [0.25, 0.3) is 0 Å². The SMILES string of the molecule is CCOc1cc(CCc2ccccc2)ccc1/C(CN1CCN(C)CC1)=N/O.Cl. The van der Waals surface area contributed by atoms with Crippen molar-refractivity contribution in [2.24, 2.45) is 5.16 Å². The molecule has 0 bridgehead atoms. The highest BCUT2D eigenvalue weighted by Crippen LogP contribution is 2.23. The van der Waals surface area contributed by atoms with Crippen LogP contribution in [0.3, 0.4) is 0 Å². The molecule has 1 heterocycles. The first-order valence-corrected chi connectivity index (χ1v) is 10.1. The smallest absolute Gasteiger partial charge is 0.128 e. The number of piperazine rings is 1. The van der Waals surface area contributed by atoms with Gasteiger partial charge in [-0.1, -0.05) is 41.6 Å². The number of ether oxygens (including phenoxy) is 1. The monoisotopic (exact) mass is 417 g/mol. The average molecular weight is 418 g/mol. The molecule has 0 radical (unpaired) electrons. The largest absolute Gasteiger partial charge is 0.493 e. The third-order valence-corrected chi connectivity index (χ3v) is 5.29. The zero-order valence-electron chi connectivity index (χ0n) is 17.4. The van der Waals surface area contributed by atoms with Crippen molar-refractivity contribution in [1.29, 1.82) is 0 Å². The molecule has 6 heteroatoms. The lowest BCUT2D eigenvalue weighted by Gasteiger charge is -2.32. The predicted molar refractivity (Wildman–Crippen MR) is 121 cm³/mol. The van der Waals surface area contributed by atoms with Gasteiger partial charge < -0.3 is 14.8 Å². The summed E-state index contributed by atoms with van der Waals surface area (Å²) in [4.78, 5) is 4.65. The highest BCUT2D eigenvalue weighted by molar-refractivity contribution is 6.04. The molecule has 2 aromatic carbocycles. The Morgan fingerprint density at radius 1 is 1.00 bits per heavy atom. The number of hydrogen-bond acceptors (Lipinski definition) is 5. The number of oxime groups is 1. The van der Waals surface area contributed by atoms with Crippen molar-refractivity contribution in [3.63, 3.8) is 0 Å². The van der Waals surface area contributed by atoms with E-state index in [0.29, 0.717) is 18.9 Å². The van der Waals surface area contributed by atoms with E-state index in [1.54, 1.807) is 0 Å². The Bertz CT molecular complexity index is 775. The van der Waals surface area contributed by atoms with Crippen molar-refractivity contribution in [3.8, 4) is 5.75 Å². The molecular formula is C23H32ClN3O2. The van der Waals surface area contributed by atoms with E-state index in [1.807, 2.05) is 19.1 Å². The third-order valence-electron chi connectivity index (χ3n) is 5.29. The van der Waals surface area contributed by atoms with Gasteiger partial charge in [-0.3, -0.25) is 4.90 Å². The van der Waals surface area contributed by atoms with Crippen molar-refractivity contribution >= 4 is 18.1 Å². The van der Waals surface area contributed by atoms with Crippen molar-refractivity contribution in [2.45, 2.75) is 19.8 Å². The number of aryl methyl sites for hydroxylation is 2. The first-order valence-electron chi connectivity index (χ1n) is 10.1. The van der Waals surface area contributed by atoms with E-state index >= 15 is 0 Å². The molecule has 5 nitrogen and oxygen atoms in total. The molecule has 0 spiro atoms. The standard InChI is InChI=1S/C23H31N3O2.ClH/c1-3-28-23-17-20(10-9-19-7-5-4-6-8-19)11-12-21(23)22(24-27)18-26-15-13-25(2)14-16-26;/h4-8,11-12,17,27H,3,9-10,13-16,18H2,1-2H3;1H/b24-22+;. The highest BCUT2D eigenvalue weighted by atomic mass is 35.5. The zero-order chi connectivity index (χ0) is 19.8. The van der Waals surface area contributed by atoms with E-state index in [2.05, 4.69) is 58.4 Å². The van der Waals surface area contributed by atoms with Crippen LogP contribution in [0, 0.1) is 0 Å². The van der Waals surface area contributed by atoms with Gasteiger partial charge >= 0.3 is 0 Å². The van der Waals surface area contributed by atoms with Gasteiger partial charge in [-0.25, -0.2) is 0 Å². The van der Waals surface area contributed by atoms with Crippen LogP contribution in [0.2, 0.25) is 0 Å². The maximum absolute atomic E-state index is 9.67. The quantitative estimate of drug-likeness (QED) is 0.404. The van der Waals surface area contributed by atoms with Crippen LogP contribution >= 0.6 is 12.4 Å². The van der Waals surface area contributed by atoms with Crippen molar-refractivity contribution < 1.29 is 9.94 Å². The van der Waals surface area contributed by atoms with Crippen LogP contribution in [0.5, 0.6) is 5.75 Å². The Labute approximate surface area is 180 Å². The number of benzene rings is 2. The summed E-state index contributed by atoms with van der Waals surface area (Å²) in [7, 11) is 2.14. The normalized spacial score (nSPS) is 15.7. The number of hydrogen-bond donors (Lipinski definition) is 1. The van der Waals surface area contributed by atoms with E-state index < -0.39 is 0 Å². The van der Waals surface area contributed by atoms with Gasteiger partial charge in [0, 0.05) is 38.3 Å². The summed E-state index contributed by atoms with van der Waals surface area (Å²) in [5.41, 5.74) is 4.11. The van der Waals surface area contributed by atoms with Crippen LogP contribution in [-0.4, -0.2) is 67.1 Å². The molecule has 0 aromatic heterocycles. The van der Waals surface area contributed by atoms with Gasteiger partial charge in [-0.15, -0.1) is 12.4 Å². The third kappa shape index (κ3) is 6.74. The molecule has 1 fully saturated rings. The second-order valence-electron chi connectivity index (χ2n) is 7.38. The van der Waals surface area contributed by atoms with Gasteiger partial charge in [-0.2, -0.15) is 0 Å². The zero-order valence-corrected chi connectivity index (χ0v) is 18.2. The van der Waals surface area contributed by atoms with Crippen LogP contribution in [0.15, 0.2) is 53.7 Å². The van der Waals surface area contributed by atoms with Crippen molar-refractivity contribution in [3.05, 3.63) is 65.2 Å². The molecule has 0 saturated carbocycles. The summed E-state index contributed by atoms with van der Waals surface area (Å²) >= 11 is 0. The minimum Gasteiger partial charge on any atom is -0.493 e. The van der Waals surface area contributed by atoms with Crippen molar-refractivity contribution in [2.75, 3.05) is 46.4 Å². The van der Waals surface area contributed by atoms with E-state index in [-0.39, 0.29) is 12.4 Å². The number of nitrogens with zero attached hydrogens (tertiary/aromatic N) is 3. The maximum Gasteiger partial charge on any atom is 0.128 e. The lowest BCUT2D eigenvalue weighted by Crippen LogP contribution is -2.46. The Kier molecular flexibility index (Phi) is 9.45. The molecule has 158 valence electrons. The topological polar surface area (TPSA) is 48.3 Å². The maximum atomic E-state index is 9.67. The van der Waals surface area contributed by atoms with Crippen molar-refractivity contribution in [1.82, 2.24) is 9.80 Å². The van der Waals surface area contributed by atoms with Gasteiger partial charge in [0.25, 0.3) is 0 Å². The first kappa shape index (κ1) is 23.2. The van der Waals surface area contributed by atoms with Gasteiger partial charge in [0.05, 0.1) is 6.61 Å². The summed E-state index contributed by atoms with van der Waals surface area (Å²) < 4.78 is 5.90. The summed E-state index contributed by atoms with van der Waals surface area (Å²) in [6, 6.07) is 16.8. The fourth-order valence-electron chi connectivity index (χ4n) is 3.56. The first-order chi connectivity index (χ1) is 13.7. The van der Waals surface area contributed by atoms with Gasteiger partial charge in [0.1, 0.15) is 11.5 Å². The minimum atomic E-state index is 0. The molecular weight excluding hydrogens is 386 g/mol. The predicted octanol–water partition coefficient (Wildman–Crippen LogP) is 3.72. The summed E-state index contributed by atoms with van der Waals surface area (Å²) in [5, 5.41) is 13.3. The Hall–Kier alpha value is -2.08. The number of likely N-dealkylation sites (N-methyl/N-ethyl adjacent to an activating group) is 1. The van der Waals surface area contributed by atoms with Crippen LogP contribution in [0.1, 0.15) is 23.6 Å². The van der Waals surface area contributed by atoms with Gasteiger partial charge in [0.2, 0.25) is 0 Å². The Morgan fingerprint density at radius 2 is 1.69 bits per heavy atom. The second-order valence-corrected chi connectivity index (χ2v) is 7.38. The van der Waals surface area contributed by atoms with Gasteiger partial charge in [0.15, 0.2) is 0 Å². The molecule has 0 amide bonds. The minimum absolute atomic E-state index is 0. The van der Waals surface area contributed by atoms with Crippen LogP contribution in [0.4, 0.5) is 0 Å². The lowest BCUT2D eigenvalue weighted by molar-refractivity contribution is 0.169. The summed E-state index contributed by atoms with van der Waals surface area (Å²) in [6.07, 6.45) is 1.95. The highest BCUT2D eigenvalue weighted by Gasteiger charge is 2.19. The molecule has 3 rings (SSSR count). The second kappa shape index (κ2) is 11.8. The fraction of sp³-hybridized carbons (Fsp3) is 0.435. The molecule has 2 aromatic rings. The lowest BCUT2D eigenvalue weighted by atomic mass is 10.0. The fourth-order valence-corrected chi connectivity index (χ4v) is 3.56. The molecule has 0 aliphatic carbocycles. The molecule has 1 aliphatic rings. The average Bonchev–Trinajstić information content (AvgIpc) is 2.73. The number of rotatable bonds is 8.